The summed E-state index contributed by atoms with van der Waals surface area (Å²) in [4.78, 5) is 25.7. The van der Waals surface area contributed by atoms with E-state index in [1.165, 1.54) is 0 Å². The Hall–Kier alpha value is -1.06. The summed E-state index contributed by atoms with van der Waals surface area (Å²) in [5.41, 5.74) is -0.184. The fraction of sp³-hybridized carbons (Fsp3) is 0.913. The molecule has 8 nitrogen and oxygen atoms in total. The van der Waals surface area contributed by atoms with Crippen molar-refractivity contribution in [1.29, 1.82) is 0 Å². The van der Waals surface area contributed by atoms with Gasteiger partial charge in [0.25, 0.3) is 0 Å². The normalized spacial score (nSPS) is 17.1. The lowest BCUT2D eigenvalue weighted by Crippen LogP contribution is -2.53. The molecule has 0 aliphatic rings. The van der Waals surface area contributed by atoms with Crippen molar-refractivity contribution in [1.82, 2.24) is 10.6 Å². The van der Waals surface area contributed by atoms with Gasteiger partial charge in [-0.25, -0.2) is 0 Å². The van der Waals surface area contributed by atoms with Crippen LogP contribution in [0.1, 0.15) is 80.1 Å². The summed E-state index contributed by atoms with van der Waals surface area (Å²) in [6.45, 7) is 11.5. The van der Waals surface area contributed by atoms with Crippen LogP contribution in [0.3, 0.4) is 0 Å². The van der Waals surface area contributed by atoms with Crippen LogP contribution in [0, 0.1) is 11.8 Å². The second kappa shape index (κ2) is 14.9. The highest BCUT2D eigenvalue weighted by molar-refractivity contribution is 5.87. The summed E-state index contributed by atoms with van der Waals surface area (Å²) >= 11 is 0. The molecule has 0 aromatic heterocycles. The van der Waals surface area contributed by atoms with E-state index in [2.05, 4.69) is 31.4 Å². The number of rotatable bonds is 17. The van der Waals surface area contributed by atoms with E-state index in [9.17, 15) is 24.9 Å². The monoisotopic (exact) mass is 446 g/mol. The number of amides is 1. The van der Waals surface area contributed by atoms with E-state index < -0.39 is 36.9 Å². The van der Waals surface area contributed by atoms with E-state index in [0.717, 1.165) is 25.7 Å². The molecule has 0 bridgehead atoms. The number of ketones is 1. The van der Waals surface area contributed by atoms with E-state index >= 15 is 0 Å². The summed E-state index contributed by atoms with van der Waals surface area (Å²) in [6, 6.07) is -0.414. The van der Waals surface area contributed by atoms with Gasteiger partial charge in [0.2, 0.25) is 5.91 Å². The molecule has 0 radical (unpaired) electrons. The molecule has 0 aromatic carbocycles. The maximum absolute atomic E-state index is 13.1. The third kappa shape index (κ3) is 9.95. The molecule has 5 unspecified atom stereocenters. The van der Waals surface area contributed by atoms with E-state index in [-0.39, 0.29) is 36.1 Å². The van der Waals surface area contributed by atoms with Gasteiger partial charge in [0, 0.05) is 23.9 Å². The van der Waals surface area contributed by atoms with Crippen LogP contribution in [-0.2, 0) is 9.59 Å². The smallest absolute Gasteiger partial charge is 0.222 e. The molecule has 0 heterocycles. The highest BCUT2D eigenvalue weighted by Crippen LogP contribution is 2.22. The minimum Gasteiger partial charge on any atom is -0.394 e. The number of aliphatic hydroxyl groups is 4. The standard InChI is InChI=1S/C23H46N2O6/c1-7-16(8-2)20(29)17(25-23(6,9-3)10-4)13-15(5)22(31)24-12-11-18(27)21(30)19(28)14-26/h15-19,21,25-28,30H,7-14H2,1-6H3,(H,24,31). The van der Waals surface area contributed by atoms with Crippen molar-refractivity contribution in [3.63, 3.8) is 0 Å². The minimum atomic E-state index is -1.48. The van der Waals surface area contributed by atoms with E-state index in [1.807, 2.05) is 13.8 Å². The maximum Gasteiger partial charge on any atom is 0.222 e. The molecular formula is C23H46N2O6. The molecule has 184 valence electrons. The van der Waals surface area contributed by atoms with Crippen molar-refractivity contribution in [3.8, 4) is 0 Å². The van der Waals surface area contributed by atoms with Crippen molar-refractivity contribution in [2.45, 2.75) is 110 Å². The minimum absolute atomic E-state index is 0.0365. The summed E-state index contributed by atoms with van der Waals surface area (Å²) in [7, 11) is 0. The Bertz CT molecular complexity index is 522. The molecule has 0 saturated heterocycles. The molecule has 0 rings (SSSR count). The highest BCUT2D eigenvalue weighted by Gasteiger charge is 2.33. The molecule has 0 fully saturated rings. The number of hydrogen-bond donors (Lipinski definition) is 6. The lowest BCUT2D eigenvalue weighted by atomic mass is 9.85. The molecule has 1 amide bonds. The fourth-order valence-electron chi connectivity index (χ4n) is 3.61. The largest absolute Gasteiger partial charge is 0.394 e. The first kappa shape index (κ1) is 29.9. The average Bonchev–Trinajstić information content (AvgIpc) is 2.77. The Kier molecular flexibility index (Phi) is 14.4. The molecule has 5 atom stereocenters. The van der Waals surface area contributed by atoms with Gasteiger partial charge in [-0.1, -0.05) is 34.6 Å². The van der Waals surface area contributed by atoms with E-state index in [0.29, 0.717) is 6.42 Å². The number of carbonyl (C=O) groups is 2. The fourth-order valence-corrected chi connectivity index (χ4v) is 3.61. The van der Waals surface area contributed by atoms with Crippen LogP contribution in [0.15, 0.2) is 0 Å². The summed E-state index contributed by atoms with van der Waals surface area (Å²) in [5.74, 6) is -0.545. The van der Waals surface area contributed by atoms with Crippen LogP contribution in [0.5, 0.6) is 0 Å². The van der Waals surface area contributed by atoms with Gasteiger partial charge in [-0.2, -0.15) is 0 Å². The van der Waals surface area contributed by atoms with Gasteiger partial charge in [0.15, 0.2) is 5.78 Å². The summed E-state index contributed by atoms with van der Waals surface area (Å²) in [5, 5.41) is 44.0. The number of aliphatic hydroxyl groups excluding tert-OH is 4. The van der Waals surface area contributed by atoms with Crippen molar-refractivity contribution >= 4 is 11.7 Å². The van der Waals surface area contributed by atoms with E-state index in [4.69, 9.17) is 5.11 Å². The molecule has 31 heavy (non-hydrogen) atoms. The molecule has 8 heteroatoms. The predicted octanol–water partition coefficient (Wildman–Crippen LogP) is 1.14. The summed E-state index contributed by atoms with van der Waals surface area (Å²) in [6.07, 6.45) is -0.483. The zero-order valence-electron chi connectivity index (χ0n) is 20.2. The van der Waals surface area contributed by atoms with Gasteiger partial charge in [-0.15, -0.1) is 0 Å². The predicted molar refractivity (Wildman–Crippen MR) is 122 cm³/mol. The first-order valence-corrected chi connectivity index (χ1v) is 11.7. The van der Waals surface area contributed by atoms with Gasteiger partial charge in [0.1, 0.15) is 12.2 Å². The van der Waals surface area contributed by atoms with Gasteiger partial charge in [0.05, 0.1) is 18.8 Å². The van der Waals surface area contributed by atoms with Crippen LogP contribution >= 0.6 is 0 Å². The zero-order chi connectivity index (χ0) is 24.2. The molecule has 0 spiro atoms. The van der Waals surface area contributed by atoms with Gasteiger partial charge >= 0.3 is 0 Å². The van der Waals surface area contributed by atoms with Crippen LogP contribution < -0.4 is 10.6 Å². The SMILES string of the molecule is CCC(CC)C(=O)C(CC(C)C(=O)NCCC(O)C(O)C(O)CO)NC(C)(CC)CC. The number of nitrogens with one attached hydrogen (secondary N) is 2. The quantitative estimate of drug-likeness (QED) is 0.197. The maximum atomic E-state index is 13.1. The van der Waals surface area contributed by atoms with Gasteiger partial charge in [-0.05, 0) is 45.4 Å². The third-order valence-corrected chi connectivity index (χ3v) is 6.57. The Balaban J connectivity index is 5.01. The second-order valence-corrected chi connectivity index (χ2v) is 8.90. The molecule has 6 N–H and O–H groups in total. The van der Waals surface area contributed by atoms with E-state index in [1.54, 1.807) is 6.92 Å². The van der Waals surface area contributed by atoms with Crippen LogP contribution in [-0.4, -0.2) is 75.2 Å². The van der Waals surface area contributed by atoms with Crippen LogP contribution in [0.2, 0.25) is 0 Å². The Morgan fingerprint density at radius 3 is 1.97 bits per heavy atom. The Morgan fingerprint density at radius 1 is 0.968 bits per heavy atom. The average molecular weight is 447 g/mol. The molecule has 0 saturated carbocycles. The van der Waals surface area contributed by atoms with Crippen molar-refractivity contribution in [3.05, 3.63) is 0 Å². The van der Waals surface area contributed by atoms with Gasteiger partial charge < -0.3 is 31.1 Å². The molecule has 0 aliphatic carbocycles. The zero-order valence-corrected chi connectivity index (χ0v) is 20.2. The van der Waals surface area contributed by atoms with Crippen LogP contribution in [0.25, 0.3) is 0 Å². The van der Waals surface area contributed by atoms with Crippen molar-refractivity contribution < 1.29 is 30.0 Å². The molecular weight excluding hydrogens is 400 g/mol. The summed E-state index contributed by atoms with van der Waals surface area (Å²) < 4.78 is 0. The third-order valence-electron chi connectivity index (χ3n) is 6.57. The Morgan fingerprint density at radius 2 is 1.52 bits per heavy atom. The second-order valence-electron chi connectivity index (χ2n) is 8.90. The Labute approximate surface area is 187 Å². The number of Topliss-reactive ketones (excluding diaryl/α,β-unsaturated/α-hetero) is 1. The topological polar surface area (TPSA) is 139 Å². The number of carbonyl (C=O) groups excluding carboxylic acids is 2. The van der Waals surface area contributed by atoms with Crippen LogP contribution in [0.4, 0.5) is 0 Å². The molecule has 0 aliphatic heterocycles. The van der Waals surface area contributed by atoms with Gasteiger partial charge in [-0.3, -0.25) is 9.59 Å². The highest BCUT2D eigenvalue weighted by atomic mass is 16.4. The van der Waals surface area contributed by atoms with Crippen molar-refractivity contribution in [2.24, 2.45) is 11.8 Å². The first-order chi connectivity index (χ1) is 14.5. The lowest BCUT2D eigenvalue weighted by molar-refractivity contribution is -0.128. The van der Waals surface area contributed by atoms with Crippen molar-refractivity contribution in [2.75, 3.05) is 13.2 Å². The molecule has 0 aromatic rings. The number of hydrogen-bond acceptors (Lipinski definition) is 7. The lowest BCUT2D eigenvalue weighted by Gasteiger charge is -2.35. The first-order valence-electron chi connectivity index (χ1n) is 11.7.